The third-order valence-corrected chi connectivity index (χ3v) is 2.48. The first-order valence-corrected chi connectivity index (χ1v) is 5.96. The van der Waals surface area contributed by atoms with Gasteiger partial charge in [-0.2, -0.15) is 8.78 Å². The Bertz CT molecular complexity index is 645. The van der Waals surface area contributed by atoms with Crippen molar-refractivity contribution in [3.63, 3.8) is 0 Å². The van der Waals surface area contributed by atoms with Crippen LogP contribution in [0.5, 0.6) is 5.75 Å². The number of alkyl halides is 2. The molecule has 6 nitrogen and oxygen atoms in total. The van der Waals surface area contributed by atoms with Crippen LogP contribution in [0.25, 0.3) is 0 Å². The molecule has 0 atom stereocenters. The lowest BCUT2D eigenvalue weighted by Gasteiger charge is -2.07. The monoisotopic (exact) mass is 300 g/mol. The Morgan fingerprint density at radius 1 is 1.48 bits per heavy atom. The zero-order valence-corrected chi connectivity index (χ0v) is 10.9. The van der Waals surface area contributed by atoms with E-state index in [1.54, 1.807) is 0 Å². The summed E-state index contributed by atoms with van der Waals surface area (Å²) in [7, 11) is 0. The summed E-state index contributed by atoms with van der Waals surface area (Å²) in [6.07, 6.45) is 0.578. The molecule has 0 unspecified atom stereocenters. The molecule has 0 bridgehead atoms. The number of aromatic nitrogens is 3. The Kier molecular flexibility index (Phi) is 4.41. The Hall–Kier alpha value is -2.58. The predicted octanol–water partition coefficient (Wildman–Crippen LogP) is 2.36. The van der Waals surface area contributed by atoms with Crippen LogP contribution >= 0.6 is 0 Å². The number of anilines is 1. The number of benzene rings is 1. The van der Waals surface area contributed by atoms with E-state index in [4.69, 9.17) is 0 Å². The van der Waals surface area contributed by atoms with Crippen LogP contribution in [0.15, 0.2) is 18.2 Å². The molecule has 2 N–H and O–H groups in total. The molecule has 0 radical (unpaired) electrons. The van der Waals surface area contributed by atoms with Crippen LogP contribution in [0.4, 0.5) is 18.9 Å². The molecule has 1 heterocycles. The minimum atomic E-state index is -3.12. The third kappa shape index (κ3) is 3.71. The van der Waals surface area contributed by atoms with Crippen molar-refractivity contribution in [2.24, 2.45) is 0 Å². The molecule has 0 aliphatic heterocycles. The van der Waals surface area contributed by atoms with Gasteiger partial charge in [0.15, 0.2) is 11.6 Å². The van der Waals surface area contributed by atoms with Crippen molar-refractivity contribution in [1.82, 2.24) is 15.2 Å². The zero-order chi connectivity index (χ0) is 15.4. The molecule has 112 valence electrons. The fourth-order valence-electron chi connectivity index (χ4n) is 1.51. The molecule has 2 rings (SSSR count). The molecule has 0 aliphatic rings. The predicted molar refractivity (Wildman–Crippen MR) is 66.7 cm³/mol. The second-order valence-corrected chi connectivity index (χ2v) is 3.94. The average molecular weight is 300 g/mol. The number of carbonyl (C=O) groups is 1. The summed E-state index contributed by atoms with van der Waals surface area (Å²) < 4.78 is 41.4. The number of halogens is 3. The van der Waals surface area contributed by atoms with Crippen molar-refractivity contribution < 1.29 is 22.7 Å². The van der Waals surface area contributed by atoms with Gasteiger partial charge >= 0.3 is 6.61 Å². The smallest absolute Gasteiger partial charge is 0.387 e. The van der Waals surface area contributed by atoms with Crippen molar-refractivity contribution in [3.8, 4) is 5.75 Å². The van der Waals surface area contributed by atoms with Crippen molar-refractivity contribution in [2.75, 3.05) is 5.32 Å². The van der Waals surface area contributed by atoms with E-state index in [1.165, 1.54) is 6.07 Å². The Labute approximate surface area is 117 Å². The van der Waals surface area contributed by atoms with Crippen molar-refractivity contribution in [3.05, 3.63) is 35.7 Å². The normalized spacial score (nSPS) is 10.7. The molecule has 21 heavy (non-hydrogen) atoms. The van der Waals surface area contributed by atoms with Crippen LogP contribution in [0.1, 0.15) is 23.4 Å². The number of aryl methyl sites for hydroxylation is 1. The first-order chi connectivity index (χ1) is 9.99. The molecule has 0 saturated carbocycles. The van der Waals surface area contributed by atoms with E-state index in [1.807, 2.05) is 6.92 Å². The maximum absolute atomic E-state index is 13.5. The van der Waals surface area contributed by atoms with E-state index in [9.17, 15) is 18.0 Å². The maximum Gasteiger partial charge on any atom is 0.387 e. The molecule has 0 spiro atoms. The molecular weight excluding hydrogens is 289 g/mol. The molecule has 1 amide bonds. The van der Waals surface area contributed by atoms with Crippen LogP contribution in [-0.2, 0) is 6.42 Å². The first kappa shape index (κ1) is 14.8. The lowest BCUT2D eigenvalue weighted by molar-refractivity contribution is -0.0521. The Morgan fingerprint density at radius 2 is 2.24 bits per heavy atom. The summed E-state index contributed by atoms with van der Waals surface area (Å²) in [4.78, 5) is 15.7. The molecular formula is C12H11F3N4O2. The number of nitrogens with one attached hydrogen (secondary N) is 2. The quantitative estimate of drug-likeness (QED) is 0.888. The van der Waals surface area contributed by atoms with Gasteiger partial charge in [0.05, 0.1) is 0 Å². The van der Waals surface area contributed by atoms with Crippen molar-refractivity contribution in [1.29, 1.82) is 0 Å². The van der Waals surface area contributed by atoms with Crippen LogP contribution in [0.2, 0.25) is 0 Å². The van der Waals surface area contributed by atoms with Gasteiger partial charge in [-0.3, -0.25) is 9.89 Å². The Morgan fingerprint density at radius 3 is 2.81 bits per heavy atom. The van der Waals surface area contributed by atoms with Gasteiger partial charge in [-0.1, -0.05) is 6.92 Å². The van der Waals surface area contributed by atoms with Gasteiger partial charge in [0.1, 0.15) is 5.82 Å². The highest BCUT2D eigenvalue weighted by Gasteiger charge is 2.14. The van der Waals surface area contributed by atoms with E-state index in [0.717, 1.165) is 12.1 Å². The van der Waals surface area contributed by atoms with Crippen LogP contribution in [0, 0.1) is 5.82 Å². The SMILES string of the molecule is CCc1nc(C(=O)Nc2ccc(OC(F)F)c(F)c2)n[nH]1. The number of H-pyrrole nitrogens is 1. The summed E-state index contributed by atoms with van der Waals surface area (Å²) in [6.45, 7) is -1.29. The van der Waals surface area contributed by atoms with E-state index in [2.05, 4.69) is 25.2 Å². The maximum atomic E-state index is 13.5. The minimum Gasteiger partial charge on any atom is -0.432 e. The van der Waals surface area contributed by atoms with E-state index < -0.39 is 24.1 Å². The Balaban J connectivity index is 2.09. The van der Waals surface area contributed by atoms with Crippen molar-refractivity contribution in [2.45, 2.75) is 20.0 Å². The molecule has 0 aliphatic carbocycles. The highest BCUT2D eigenvalue weighted by Crippen LogP contribution is 2.23. The number of rotatable bonds is 5. The second-order valence-electron chi connectivity index (χ2n) is 3.94. The summed E-state index contributed by atoms with van der Waals surface area (Å²) >= 11 is 0. The number of ether oxygens (including phenoxy) is 1. The lowest BCUT2D eigenvalue weighted by Crippen LogP contribution is -2.14. The summed E-state index contributed by atoms with van der Waals surface area (Å²) in [5, 5.41) is 8.61. The highest BCUT2D eigenvalue weighted by atomic mass is 19.3. The van der Waals surface area contributed by atoms with Gasteiger partial charge in [-0.05, 0) is 12.1 Å². The minimum absolute atomic E-state index is 0.0713. The van der Waals surface area contributed by atoms with Gasteiger partial charge in [0, 0.05) is 18.2 Å². The molecule has 1 aromatic heterocycles. The number of amides is 1. The topological polar surface area (TPSA) is 79.9 Å². The van der Waals surface area contributed by atoms with Gasteiger partial charge < -0.3 is 10.1 Å². The fraction of sp³-hybridized carbons (Fsp3) is 0.250. The summed E-state index contributed by atoms with van der Waals surface area (Å²) in [5.41, 5.74) is 0.0713. The zero-order valence-electron chi connectivity index (χ0n) is 10.9. The van der Waals surface area contributed by atoms with Gasteiger partial charge in [0.25, 0.3) is 5.91 Å². The number of hydrogen-bond donors (Lipinski definition) is 2. The van der Waals surface area contributed by atoms with Crippen molar-refractivity contribution >= 4 is 11.6 Å². The summed E-state index contributed by atoms with van der Waals surface area (Å²) in [5.74, 6) is -1.83. The lowest BCUT2D eigenvalue weighted by atomic mass is 10.3. The molecule has 9 heteroatoms. The third-order valence-electron chi connectivity index (χ3n) is 2.48. The van der Waals surface area contributed by atoms with Gasteiger partial charge in [0.2, 0.25) is 5.82 Å². The van der Waals surface area contributed by atoms with Crippen LogP contribution < -0.4 is 10.1 Å². The standard InChI is InChI=1S/C12H11F3N4O2/c1-2-9-17-10(19-18-9)11(20)16-6-3-4-8(7(13)5-6)21-12(14)15/h3-5,12H,2H2,1H3,(H,16,20)(H,17,18,19). The van der Waals surface area contributed by atoms with E-state index in [0.29, 0.717) is 12.2 Å². The molecule has 1 aromatic carbocycles. The molecule has 2 aromatic rings. The largest absolute Gasteiger partial charge is 0.432 e. The second kappa shape index (κ2) is 6.25. The molecule has 0 fully saturated rings. The molecule has 0 saturated heterocycles. The fourth-order valence-corrected chi connectivity index (χ4v) is 1.51. The highest BCUT2D eigenvalue weighted by molar-refractivity contribution is 6.01. The van der Waals surface area contributed by atoms with Crippen LogP contribution in [-0.4, -0.2) is 27.7 Å². The van der Waals surface area contributed by atoms with E-state index in [-0.39, 0.29) is 11.5 Å². The van der Waals surface area contributed by atoms with E-state index >= 15 is 0 Å². The number of nitrogens with zero attached hydrogens (tertiary/aromatic N) is 2. The number of hydrogen-bond acceptors (Lipinski definition) is 4. The summed E-state index contributed by atoms with van der Waals surface area (Å²) in [6, 6.07) is 3.08. The first-order valence-electron chi connectivity index (χ1n) is 5.96. The number of carbonyl (C=O) groups excluding carboxylic acids is 1. The van der Waals surface area contributed by atoms with Gasteiger partial charge in [-0.25, -0.2) is 9.37 Å². The average Bonchev–Trinajstić information content (AvgIpc) is 2.90. The van der Waals surface area contributed by atoms with Gasteiger partial charge in [-0.15, -0.1) is 5.10 Å². The van der Waals surface area contributed by atoms with Crippen LogP contribution in [0.3, 0.4) is 0 Å². The number of aromatic amines is 1.